The van der Waals surface area contributed by atoms with E-state index in [0.717, 1.165) is 16.8 Å². The average Bonchev–Trinajstić information content (AvgIpc) is 3.64. The minimum atomic E-state index is -0.901. The third kappa shape index (κ3) is 4.15. The van der Waals surface area contributed by atoms with Crippen LogP contribution in [-0.4, -0.2) is 40.8 Å². The molecule has 3 aromatic heterocycles. The van der Waals surface area contributed by atoms with Crippen LogP contribution in [-0.2, 0) is 6.42 Å². The number of para-hydroxylation sites is 1. The fourth-order valence-corrected chi connectivity index (χ4v) is 4.92. The fraction of sp³-hybridized carbons (Fsp3) is 0.120. The van der Waals surface area contributed by atoms with Crippen molar-refractivity contribution in [2.75, 3.05) is 0 Å². The van der Waals surface area contributed by atoms with Gasteiger partial charge in [-0.2, -0.15) is 4.68 Å². The van der Waals surface area contributed by atoms with Crippen LogP contribution in [0.25, 0.3) is 28.1 Å². The van der Waals surface area contributed by atoms with Crippen LogP contribution in [0.2, 0.25) is 5.02 Å². The summed E-state index contributed by atoms with van der Waals surface area (Å²) >= 11 is 6.29. The zero-order valence-corrected chi connectivity index (χ0v) is 20.0. The van der Waals surface area contributed by atoms with Crippen molar-refractivity contribution in [2.24, 2.45) is 5.73 Å². The van der Waals surface area contributed by atoms with E-state index in [1.165, 1.54) is 11.0 Å². The molecule has 0 fully saturated rings. The zero-order valence-electron chi connectivity index (χ0n) is 19.2. The van der Waals surface area contributed by atoms with Gasteiger partial charge in [0.2, 0.25) is 0 Å². The van der Waals surface area contributed by atoms with E-state index in [-0.39, 0.29) is 11.6 Å². The molecule has 0 aliphatic carbocycles. The Labute approximate surface area is 214 Å². The molecule has 2 aromatic carbocycles. The molecule has 0 radical (unpaired) electrons. The Kier molecular flexibility index (Phi) is 5.53. The van der Waals surface area contributed by atoms with E-state index in [0.29, 0.717) is 46.4 Å². The number of ether oxygens (including phenoxy) is 1. The van der Waals surface area contributed by atoms with Gasteiger partial charge in [-0.15, -0.1) is 5.10 Å². The fourth-order valence-electron chi connectivity index (χ4n) is 4.75. The van der Waals surface area contributed by atoms with Gasteiger partial charge in [0.05, 0.1) is 23.6 Å². The number of amides is 1. The molecular formula is C25H19ClN8O3. The Morgan fingerprint density at radius 3 is 2.81 bits per heavy atom. The van der Waals surface area contributed by atoms with Gasteiger partial charge in [-0.3, -0.25) is 4.79 Å². The molecule has 6 rings (SSSR count). The summed E-state index contributed by atoms with van der Waals surface area (Å²) in [6.07, 6.45) is 3.62. The smallest absolute Gasteiger partial charge is 0.409 e. The van der Waals surface area contributed by atoms with Gasteiger partial charge in [0.25, 0.3) is 5.56 Å². The van der Waals surface area contributed by atoms with E-state index >= 15 is 0 Å². The lowest BCUT2D eigenvalue weighted by atomic mass is 10.0. The number of halogens is 1. The van der Waals surface area contributed by atoms with E-state index in [4.69, 9.17) is 22.1 Å². The molecule has 184 valence electrons. The predicted molar refractivity (Wildman–Crippen MR) is 135 cm³/mol. The molecule has 3 N–H and O–H groups in total. The number of carbonyl (C=O) groups is 1. The van der Waals surface area contributed by atoms with E-state index in [1.54, 1.807) is 47.2 Å². The van der Waals surface area contributed by atoms with Gasteiger partial charge in [0.1, 0.15) is 17.9 Å². The number of hydrogen-bond acceptors (Lipinski definition) is 7. The quantitative estimate of drug-likeness (QED) is 0.364. The maximum Gasteiger partial charge on any atom is 0.409 e. The molecule has 11 nitrogen and oxygen atoms in total. The highest BCUT2D eigenvalue weighted by atomic mass is 35.5. The number of aromatic amines is 1. The van der Waals surface area contributed by atoms with Crippen molar-refractivity contribution in [3.05, 3.63) is 94.0 Å². The number of nitrogens with one attached hydrogen (secondary N) is 1. The number of benzene rings is 2. The van der Waals surface area contributed by atoms with Crippen LogP contribution in [0.15, 0.2) is 71.9 Å². The second kappa shape index (κ2) is 9.03. The van der Waals surface area contributed by atoms with Gasteiger partial charge >= 0.3 is 6.09 Å². The highest BCUT2D eigenvalue weighted by molar-refractivity contribution is 6.31. The summed E-state index contributed by atoms with van der Waals surface area (Å²) in [6.45, 7) is 0. The highest BCUT2D eigenvalue weighted by Gasteiger charge is 2.28. The summed E-state index contributed by atoms with van der Waals surface area (Å²) in [6, 6.07) is 15.7. The van der Waals surface area contributed by atoms with Gasteiger partial charge in [0, 0.05) is 27.9 Å². The Hall–Kier alpha value is -4.77. The summed E-state index contributed by atoms with van der Waals surface area (Å²) in [5.74, 6) is 0.952. The molecular weight excluding hydrogens is 496 g/mol. The van der Waals surface area contributed by atoms with Gasteiger partial charge in [-0.1, -0.05) is 23.7 Å². The summed E-state index contributed by atoms with van der Waals surface area (Å²) in [5.41, 5.74) is 9.39. The number of rotatable bonds is 5. The Morgan fingerprint density at radius 2 is 2.00 bits per heavy atom. The van der Waals surface area contributed by atoms with Crippen molar-refractivity contribution >= 4 is 17.7 Å². The van der Waals surface area contributed by atoms with E-state index in [9.17, 15) is 9.59 Å². The van der Waals surface area contributed by atoms with Crippen LogP contribution in [0, 0.1) is 0 Å². The van der Waals surface area contributed by atoms with E-state index in [2.05, 4.69) is 25.5 Å². The minimum Gasteiger partial charge on any atom is -0.410 e. The van der Waals surface area contributed by atoms with Crippen LogP contribution in [0.1, 0.15) is 24.0 Å². The lowest BCUT2D eigenvalue weighted by Gasteiger charge is -2.15. The SMILES string of the molecule is NC(=O)Oc1ccccc1-c1cnc([C@@H]2CCc3cc(-c4cc(Cl)ccc4-n4cnnn4)cc(=O)n32)[nH]1. The average molecular weight is 515 g/mol. The van der Waals surface area contributed by atoms with Crippen molar-refractivity contribution in [1.82, 2.24) is 34.7 Å². The number of nitrogens with two attached hydrogens (primary N) is 1. The third-order valence-electron chi connectivity index (χ3n) is 6.30. The highest BCUT2D eigenvalue weighted by Crippen LogP contribution is 2.35. The van der Waals surface area contributed by atoms with Crippen LogP contribution < -0.4 is 16.0 Å². The molecule has 0 bridgehead atoms. The molecule has 1 aliphatic heterocycles. The van der Waals surface area contributed by atoms with E-state index < -0.39 is 6.09 Å². The second-order valence-corrected chi connectivity index (χ2v) is 8.95. The molecule has 0 spiro atoms. The maximum absolute atomic E-state index is 13.4. The first-order valence-electron chi connectivity index (χ1n) is 11.4. The van der Waals surface area contributed by atoms with E-state index in [1.807, 2.05) is 18.2 Å². The summed E-state index contributed by atoms with van der Waals surface area (Å²) < 4.78 is 8.40. The molecule has 5 aromatic rings. The second-order valence-electron chi connectivity index (χ2n) is 8.51. The van der Waals surface area contributed by atoms with Gasteiger partial charge in [0.15, 0.2) is 0 Å². The zero-order chi connectivity index (χ0) is 25.5. The number of H-pyrrole nitrogens is 1. The predicted octanol–water partition coefficient (Wildman–Crippen LogP) is 3.53. The van der Waals surface area contributed by atoms with Crippen LogP contribution in [0.3, 0.4) is 0 Å². The number of carbonyl (C=O) groups excluding carboxylic acids is 1. The Balaban J connectivity index is 1.37. The first-order valence-corrected chi connectivity index (χ1v) is 11.8. The number of aromatic nitrogens is 7. The van der Waals surface area contributed by atoms with Gasteiger partial charge in [-0.05, 0) is 65.2 Å². The normalized spacial score (nSPS) is 14.5. The van der Waals surface area contributed by atoms with Crippen molar-refractivity contribution in [2.45, 2.75) is 18.9 Å². The first-order chi connectivity index (χ1) is 18.0. The number of primary amides is 1. The Morgan fingerprint density at radius 1 is 1.14 bits per heavy atom. The molecule has 1 amide bonds. The summed E-state index contributed by atoms with van der Waals surface area (Å²) in [7, 11) is 0. The number of pyridine rings is 1. The number of hydrogen-bond donors (Lipinski definition) is 2. The Bertz CT molecular complexity index is 1690. The topological polar surface area (TPSA) is 147 Å². The van der Waals surface area contributed by atoms with Crippen molar-refractivity contribution in [1.29, 1.82) is 0 Å². The lowest BCUT2D eigenvalue weighted by molar-refractivity contribution is 0.211. The molecule has 37 heavy (non-hydrogen) atoms. The number of fused-ring (bicyclic) bond motifs is 1. The monoisotopic (exact) mass is 514 g/mol. The molecule has 0 unspecified atom stereocenters. The van der Waals surface area contributed by atoms with Gasteiger partial charge < -0.3 is 20.0 Å². The summed E-state index contributed by atoms with van der Waals surface area (Å²) in [5, 5.41) is 11.9. The molecule has 0 saturated carbocycles. The first kappa shape index (κ1) is 22.7. The van der Waals surface area contributed by atoms with Crippen molar-refractivity contribution in [3.8, 4) is 33.8 Å². The number of nitrogens with zero attached hydrogens (tertiary/aromatic N) is 6. The van der Waals surface area contributed by atoms with Crippen LogP contribution in [0.5, 0.6) is 5.75 Å². The molecule has 12 heteroatoms. The minimum absolute atomic E-state index is 0.159. The largest absolute Gasteiger partial charge is 0.410 e. The van der Waals surface area contributed by atoms with Crippen molar-refractivity contribution < 1.29 is 9.53 Å². The lowest BCUT2D eigenvalue weighted by Crippen LogP contribution is -2.23. The van der Waals surface area contributed by atoms with Crippen LogP contribution in [0.4, 0.5) is 4.79 Å². The molecule has 1 aliphatic rings. The number of imidazole rings is 1. The third-order valence-corrected chi connectivity index (χ3v) is 6.53. The molecule has 4 heterocycles. The molecule has 1 atom stereocenters. The number of tetrazole rings is 1. The van der Waals surface area contributed by atoms with Crippen LogP contribution >= 0.6 is 11.6 Å². The maximum atomic E-state index is 13.4. The van der Waals surface area contributed by atoms with Gasteiger partial charge in [-0.25, -0.2) is 9.78 Å². The molecule has 0 saturated heterocycles. The van der Waals surface area contributed by atoms with Crippen molar-refractivity contribution in [3.63, 3.8) is 0 Å². The number of aryl methyl sites for hydroxylation is 1. The summed E-state index contributed by atoms with van der Waals surface area (Å²) in [4.78, 5) is 32.5. The standard InChI is InChI=1S/C25H19ClN8O3/c26-15-5-7-20(33-13-29-31-32-33)18(11-15)14-9-16-6-8-21(34(16)23(35)10-14)24-28-12-19(30-24)17-3-1-2-4-22(17)37-25(27)36/h1-5,7,9-13,21H,6,8H2,(H2,27,36)(H,28,30)/t21-/m0/s1.